The van der Waals surface area contributed by atoms with Crippen LogP contribution in [-0.4, -0.2) is 5.16 Å². The van der Waals surface area contributed by atoms with Gasteiger partial charge in [-0.15, -0.1) is 0 Å². The molecule has 0 aromatic carbocycles. The fourth-order valence-corrected chi connectivity index (χ4v) is 0.840. The maximum Gasteiger partial charge on any atom is 0.133 e. The minimum atomic E-state index is 0.886. The van der Waals surface area contributed by atoms with E-state index in [1.165, 1.54) is 0 Å². The zero-order valence-electron chi connectivity index (χ0n) is 4.52. The molecular formula is C5H6INO. The topological polar surface area (TPSA) is 26.0 Å². The smallest absolute Gasteiger partial charge is 0.133 e. The van der Waals surface area contributed by atoms with Crippen molar-refractivity contribution in [2.24, 2.45) is 0 Å². The summed E-state index contributed by atoms with van der Waals surface area (Å²) in [6.07, 6.45) is 0. The Morgan fingerprint density at radius 1 is 1.88 bits per heavy atom. The molecule has 3 heteroatoms. The van der Waals surface area contributed by atoms with Crippen LogP contribution in [0.25, 0.3) is 0 Å². The van der Waals surface area contributed by atoms with E-state index in [-0.39, 0.29) is 0 Å². The van der Waals surface area contributed by atoms with E-state index in [0.29, 0.717) is 0 Å². The summed E-state index contributed by atoms with van der Waals surface area (Å²) in [4.78, 5) is 0. The van der Waals surface area contributed by atoms with Crippen LogP contribution < -0.4 is 0 Å². The van der Waals surface area contributed by atoms with E-state index in [9.17, 15) is 0 Å². The molecule has 0 unspecified atom stereocenters. The summed E-state index contributed by atoms with van der Waals surface area (Å²) < 4.78 is 5.73. The lowest BCUT2D eigenvalue weighted by atomic mass is 10.4. The molecule has 0 spiro atoms. The molecule has 0 bridgehead atoms. The van der Waals surface area contributed by atoms with Gasteiger partial charge in [-0.3, -0.25) is 0 Å². The number of hydrogen-bond acceptors (Lipinski definition) is 2. The molecule has 0 fully saturated rings. The minimum absolute atomic E-state index is 0.886. The van der Waals surface area contributed by atoms with Gasteiger partial charge in [-0.1, -0.05) is 27.7 Å². The fourth-order valence-electron chi connectivity index (χ4n) is 0.481. The van der Waals surface area contributed by atoms with E-state index in [4.69, 9.17) is 4.52 Å². The SMILES string of the molecule is Cc1cc(CI)no1. The summed E-state index contributed by atoms with van der Waals surface area (Å²) in [6.45, 7) is 1.89. The van der Waals surface area contributed by atoms with Gasteiger partial charge in [-0.05, 0) is 6.92 Å². The van der Waals surface area contributed by atoms with Crippen molar-refractivity contribution >= 4 is 22.6 Å². The lowest BCUT2D eigenvalue weighted by molar-refractivity contribution is 0.393. The van der Waals surface area contributed by atoms with Crippen LogP contribution in [0.2, 0.25) is 0 Å². The van der Waals surface area contributed by atoms with Crippen LogP contribution in [0.4, 0.5) is 0 Å². The first-order valence-electron chi connectivity index (χ1n) is 2.31. The lowest BCUT2D eigenvalue weighted by Gasteiger charge is -1.73. The van der Waals surface area contributed by atoms with E-state index in [2.05, 4.69) is 27.7 Å². The Bertz CT molecular complexity index is 173. The van der Waals surface area contributed by atoms with Crippen molar-refractivity contribution in [1.82, 2.24) is 5.16 Å². The highest BCUT2D eigenvalue weighted by molar-refractivity contribution is 14.1. The van der Waals surface area contributed by atoms with Crippen LogP contribution in [-0.2, 0) is 4.43 Å². The summed E-state index contributed by atoms with van der Waals surface area (Å²) in [5.41, 5.74) is 1.02. The number of halogens is 1. The molecule has 0 saturated carbocycles. The van der Waals surface area contributed by atoms with Crippen molar-refractivity contribution in [1.29, 1.82) is 0 Å². The largest absolute Gasteiger partial charge is 0.361 e. The Hall–Kier alpha value is -0.0600. The van der Waals surface area contributed by atoms with Crippen molar-refractivity contribution < 1.29 is 4.52 Å². The second-order valence-corrected chi connectivity index (χ2v) is 2.33. The Labute approximate surface area is 61.4 Å². The number of hydrogen-bond donors (Lipinski definition) is 0. The maximum absolute atomic E-state index is 4.80. The van der Waals surface area contributed by atoms with Crippen molar-refractivity contribution in [3.05, 3.63) is 17.5 Å². The van der Waals surface area contributed by atoms with Crippen molar-refractivity contribution in [2.75, 3.05) is 0 Å². The molecule has 8 heavy (non-hydrogen) atoms. The number of alkyl halides is 1. The number of aromatic nitrogens is 1. The van der Waals surface area contributed by atoms with Crippen LogP contribution in [0, 0.1) is 6.92 Å². The third kappa shape index (κ3) is 1.21. The van der Waals surface area contributed by atoms with Gasteiger partial charge in [0.2, 0.25) is 0 Å². The highest BCUT2D eigenvalue weighted by atomic mass is 127. The molecule has 1 aromatic rings. The third-order valence-electron chi connectivity index (χ3n) is 0.814. The normalized spacial score (nSPS) is 9.75. The standard InChI is InChI=1S/C5H6INO/c1-4-2-5(3-6)7-8-4/h2H,3H2,1H3. The average molecular weight is 223 g/mol. The molecule has 1 rings (SSSR count). The molecule has 0 aliphatic heterocycles. The van der Waals surface area contributed by atoms with Gasteiger partial charge >= 0.3 is 0 Å². The molecule has 2 nitrogen and oxygen atoms in total. The molecule has 0 amide bonds. The fraction of sp³-hybridized carbons (Fsp3) is 0.400. The summed E-state index contributed by atoms with van der Waals surface area (Å²) in [5.74, 6) is 0.886. The first-order valence-corrected chi connectivity index (χ1v) is 3.83. The molecule has 44 valence electrons. The monoisotopic (exact) mass is 223 g/mol. The van der Waals surface area contributed by atoms with Gasteiger partial charge in [0.1, 0.15) is 5.76 Å². The van der Waals surface area contributed by atoms with Gasteiger partial charge in [0.15, 0.2) is 0 Å². The molecule has 0 atom stereocenters. The van der Waals surface area contributed by atoms with Crippen LogP contribution in [0.3, 0.4) is 0 Å². The van der Waals surface area contributed by atoms with Crippen molar-refractivity contribution in [3.63, 3.8) is 0 Å². The molecule has 0 aliphatic rings. The summed E-state index contributed by atoms with van der Waals surface area (Å²) in [6, 6.07) is 1.94. The summed E-state index contributed by atoms with van der Waals surface area (Å²) >= 11 is 2.24. The van der Waals surface area contributed by atoms with Gasteiger partial charge in [0, 0.05) is 10.5 Å². The number of aryl methyl sites for hydroxylation is 1. The van der Waals surface area contributed by atoms with Gasteiger partial charge < -0.3 is 4.52 Å². The molecule has 0 N–H and O–H groups in total. The van der Waals surface area contributed by atoms with Crippen LogP contribution in [0.1, 0.15) is 11.5 Å². The summed E-state index contributed by atoms with van der Waals surface area (Å²) in [7, 11) is 0. The first-order chi connectivity index (χ1) is 3.83. The van der Waals surface area contributed by atoms with E-state index >= 15 is 0 Å². The minimum Gasteiger partial charge on any atom is -0.361 e. The maximum atomic E-state index is 4.80. The predicted molar refractivity (Wildman–Crippen MR) is 39.0 cm³/mol. The molecule has 0 radical (unpaired) electrons. The molecular weight excluding hydrogens is 217 g/mol. The predicted octanol–water partition coefficient (Wildman–Crippen LogP) is 1.92. The second-order valence-electron chi connectivity index (χ2n) is 1.56. The Morgan fingerprint density at radius 3 is 2.88 bits per heavy atom. The quantitative estimate of drug-likeness (QED) is 0.536. The van der Waals surface area contributed by atoms with E-state index in [1.807, 2.05) is 13.0 Å². The Morgan fingerprint density at radius 2 is 2.62 bits per heavy atom. The van der Waals surface area contributed by atoms with Gasteiger partial charge in [-0.25, -0.2) is 0 Å². The molecule has 1 heterocycles. The third-order valence-corrected chi connectivity index (χ3v) is 1.60. The molecule has 0 aliphatic carbocycles. The van der Waals surface area contributed by atoms with Crippen molar-refractivity contribution in [3.8, 4) is 0 Å². The van der Waals surface area contributed by atoms with Gasteiger partial charge in [0.05, 0.1) is 5.69 Å². The zero-order chi connectivity index (χ0) is 5.98. The average Bonchev–Trinajstić information content (AvgIpc) is 2.14. The van der Waals surface area contributed by atoms with Gasteiger partial charge in [-0.2, -0.15) is 0 Å². The van der Waals surface area contributed by atoms with Crippen LogP contribution >= 0.6 is 22.6 Å². The van der Waals surface area contributed by atoms with E-state index in [0.717, 1.165) is 15.9 Å². The van der Waals surface area contributed by atoms with Crippen LogP contribution in [0.15, 0.2) is 10.6 Å². The zero-order valence-corrected chi connectivity index (χ0v) is 6.68. The highest BCUT2D eigenvalue weighted by Crippen LogP contribution is 2.04. The van der Waals surface area contributed by atoms with E-state index < -0.39 is 0 Å². The Balaban J connectivity index is 2.84. The lowest BCUT2D eigenvalue weighted by Crippen LogP contribution is -1.69. The van der Waals surface area contributed by atoms with Gasteiger partial charge in [0.25, 0.3) is 0 Å². The number of rotatable bonds is 1. The number of nitrogens with zero attached hydrogens (tertiary/aromatic N) is 1. The Kier molecular flexibility index (Phi) is 1.88. The summed E-state index contributed by atoms with van der Waals surface area (Å²) in [5, 5.41) is 3.75. The molecule has 1 aromatic heterocycles. The molecule has 0 saturated heterocycles. The highest BCUT2D eigenvalue weighted by Gasteiger charge is 1.94. The second kappa shape index (κ2) is 2.48. The van der Waals surface area contributed by atoms with Crippen molar-refractivity contribution in [2.45, 2.75) is 11.4 Å². The van der Waals surface area contributed by atoms with E-state index in [1.54, 1.807) is 0 Å². The van der Waals surface area contributed by atoms with Crippen LogP contribution in [0.5, 0.6) is 0 Å². The first kappa shape index (κ1) is 6.07.